The zero-order valence-electron chi connectivity index (χ0n) is 11.2. The maximum atomic E-state index is 10.8. The molecule has 0 bridgehead atoms. The number of primary amides is 1. The van der Waals surface area contributed by atoms with Gasteiger partial charge in [0.05, 0.1) is 12.1 Å². The summed E-state index contributed by atoms with van der Waals surface area (Å²) in [5, 5.41) is 6.87. The second-order valence-corrected chi connectivity index (χ2v) is 4.83. The normalized spacial score (nSPS) is 13.6. The van der Waals surface area contributed by atoms with Gasteiger partial charge in [-0.1, -0.05) is 5.16 Å². The Bertz CT molecular complexity index is 403. The fourth-order valence-corrected chi connectivity index (χ4v) is 1.58. The number of carbonyl (C=O) groups excluding carboxylic acids is 1. The molecule has 18 heavy (non-hydrogen) atoms. The highest BCUT2D eigenvalue weighted by atomic mass is 16.5. The Labute approximate surface area is 106 Å². The van der Waals surface area contributed by atoms with E-state index in [-0.39, 0.29) is 17.5 Å². The molecule has 0 unspecified atom stereocenters. The standard InChI is InChI=1S/C11H20N4O3/c1-7(5-11(2,3)17-4)13-6-8-14-10(9(12)16)18-15-8/h7,13H,5-6H2,1-4H3,(H2,12,16)/t7-/m0/s1. The highest BCUT2D eigenvalue weighted by Gasteiger charge is 2.20. The second kappa shape index (κ2) is 5.92. The van der Waals surface area contributed by atoms with Gasteiger partial charge in [0.2, 0.25) is 0 Å². The molecule has 102 valence electrons. The van der Waals surface area contributed by atoms with E-state index >= 15 is 0 Å². The lowest BCUT2D eigenvalue weighted by molar-refractivity contribution is 0.00838. The summed E-state index contributed by atoms with van der Waals surface area (Å²) in [6.45, 7) is 6.49. The van der Waals surface area contributed by atoms with Crippen LogP contribution in [0.25, 0.3) is 0 Å². The van der Waals surface area contributed by atoms with Crippen molar-refractivity contribution in [1.29, 1.82) is 0 Å². The van der Waals surface area contributed by atoms with Crippen LogP contribution in [0.4, 0.5) is 0 Å². The molecular weight excluding hydrogens is 236 g/mol. The molecular formula is C11H20N4O3. The fourth-order valence-electron chi connectivity index (χ4n) is 1.58. The molecule has 1 aromatic heterocycles. The monoisotopic (exact) mass is 256 g/mol. The number of hydrogen-bond acceptors (Lipinski definition) is 6. The van der Waals surface area contributed by atoms with Gasteiger partial charge in [-0.05, 0) is 27.2 Å². The lowest BCUT2D eigenvalue weighted by Crippen LogP contribution is -2.35. The Kier molecular flexibility index (Phi) is 4.80. The van der Waals surface area contributed by atoms with E-state index in [1.807, 2.05) is 20.8 Å². The van der Waals surface area contributed by atoms with E-state index in [0.717, 1.165) is 6.42 Å². The average molecular weight is 256 g/mol. The summed E-state index contributed by atoms with van der Waals surface area (Å²) in [5.41, 5.74) is 4.82. The summed E-state index contributed by atoms with van der Waals surface area (Å²) in [6.07, 6.45) is 0.837. The Hall–Kier alpha value is -1.47. The van der Waals surface area contributed by atoms with Crippen molar-refractivity contribution >= 4 is 5.91 Å². The van der Waals surface area contributed by atoms with Crippen LogP contribution in [0.5, 0.6) is 0 Å². The zero-order chi connectivity index (χ0) is 13.8. The molecule has 0 fully saturated rings. The number of methoxy groups -OCH3 is 1. The highest BCUT2D eigenvalue weighted by Crippen LogP contribution is 2.15. The van der Waals surface area contributed by atoms with Gasteiger partial charge < -0.3 is 20.3 Å². The molecule has 0 aliphatic carbocycles. The Balaban J connectivity index is 2.42. The molecule has 0 aromatic carbocycles. The third kappa shape index (κ3) is 4.42. The van der Waals surface area contributed by atoms with Crippen LogP contribution in [0, 0.1) is 0 Å². The van der Waals surface area contributed by atoms with Crippen molar-refractivity contribution in [3.63, 3.8) is 0 Å². The van der Waals surface area contributed by atoms with Crippen molar-refractivity contribution in [2.45, 2.75) is 45.4 Å². The summed E-state index contributed by atoms with van der Waals surface area (Å²) in [7, 11) is 1.69. The molecule has 3 N–H and O–H groups in total. The Morgan fingerprint density at radius 2 is 2.28 bits per heavy atom. The Morgan fingerprint density at radius 1 is 1.61 bits per heavy atom. The SMILES string of the molecule is COC(C)(C)C[C@H](C)NCc1noc(C(N)=O)n1. The number of amides is 1. The molecule has 1 heterocycles. The van der Waals surface area contributed by atoms with E-state index in [0.29, 0.717) is 12.4 Å². The van der Waals surface area contributed by atoms with Gasteiger partial charge in [-0.25, -0.2) is 0 Å². The minimum absolute atomic E-state index is 0.170. The van der Waals surface area contributed by atoms with Crippen molar-refractivity contribution in [1.82, 2.24) is 15.5 Å². The molecule has 1 atom stereocenters. The van der Waals surface area contributed by atoms with Gasteiger partial charge in [0, 0.05) is 13.2 Å². The number of ether oxygens (including phenoxy) is 1. The second-order valence-electron chi connectivity index (χ2n) is 4.83. The van der Waals surface area contributed by atoms with E-state index in [2.05, 4.69) is 20.0 Å². The number of nitrogens with zero attached hydrogens (tertiary/aromatic N) is 2. The molecule has 0 saturated heterocycles. The van der Waals surface area contributed by atoms with Crippen LogP contribution in [0.2, 0.25) is 0 Å². The summed E-state index contributed by atoms with van der Waals surface area (Å²) in [5.74, 6) is -0.482. The number of nitrogens with one attached hydrogen (secondary N) is 1. The van der Waals surface area contributed by atoms with Gasteiger partial charge in [0.25, 0.3) is 0 Å². The smallest absolute Gasteiger partial charge is 0.315 e. The maximum absolute atomic E-state index is 10.8. The minimum atomic E-state index is -0.720. The summed E-state index contributed by atoms with van der Waals surface area (Å²) < 4.78 is 10.0. The van der Waals surface area contributed by atoms with Crippen molar-refractivity contribution in [3.05, 3.63) is 11.7 Å². The highest BCUT2D eigenvalue weighted by molar-refractivity contribution is 5.87. The summed E-state index contributed by atoms with van der Waals surface area (Å²) >= 11 is 0. The predicted octanol–water partition coefficient (Wildman–Crippen LogP) is 0.462. The van der Waals surface area contributed by atoms with Crippen molar-refractivity contribution in [3.8, 4) is 0 Å². The number of carbonyl (C=O) groups is 1. The van der Waals surface area contributed by atoms with Gasteiger partial charge in [-0.15, -0.1) is 0 Å². The first-order chi connectivity index (χ1) is 8.34. The van der Waals surface area contributed by atoms with E-state index in [1.54, 1.807) is 7.11 Å². The zero-order valence-corrected chi connectivity index (χ0v) is 11.2. The lowest BCUT2D eigenvalue weighted by atomic mass is 10.00. The third-order valence-corrected chi connectivity index (χ3v) is 2.64. The van der Waals surface area contributed by atoms with Gasteiger partial charge >= 0.3 is 11.8 Å². The molecule has 0 aliphatic rings. The van der Waals surface area contributed by atoms with Gasteiger partial charge in [-0.2, -0.15) is 4.98 Å². The third-order valence-electron chi connectivity index (χ3n) is 2.64. The van der Waals surface area contributed by atoms with Crippen LogP contribution < -0.4 is 11.1 Å². The van der Waals surface area contributed by atoms with Crippen LogP contribution in [-0.4, -0.2) is 34.8 Å². The molecule has 7 nitrogen and oxygen atoms in total. The molecule has 0 spiro atoms. The van der Waals surface area contributed by atoms with E-state index in [1.165, 1.54) is 0 Å². The quantitative estimate of drug-likeness (QED) is 0.734. The van der Waals surface area contributed by atoms with Crippen LogP contribution in [-0.2, 0) is 11.3 Å². The predicted molar refractivity (Wildman–Crippen MR) is 64.8 cm³/mol. The molecule has 1 amide bonds. The van der Waals surface area contributed by atoms with Crippen LogP contribution in [0.3, 0.4) is 0 Å². The van der Waals surface area contributed by atoms with Crippen molar-refractivity contribution in [2.75, 3.05) is 7.11 Å². The molecule has 0 radical (unpaired) electrons. The van der Waals surface area contributed by atoms with Crippen LogP contribution in [0.1, 0.15) is 43.7 Å². The Morgan fingerprint density at radius 3 is 2.78 bits per heavy atom. The van der Waals surface area contributed by atoms with Crippen molar-refractivity contribution < 1.29 is 14.1 Å². The number of rotatable bonds is 7. The molecule has 0 saturated carbocycles. The minimum Gasteiger partial charge on any atom is -0.379 e. The van der Waals surface area contributed by atoms with Crippen LogP contribution >= 0.6 is 0 Å². The molecule has 1 rings (SSSR count). The van der Waals surface area contributed by atoms with Gasteiger partial charge in [0.15, 0.2) is 5.82 Å². The maximum Gasteiger partial charge on any atom is 0.315 e. The van der Waals surface area contributed by atoms with Crippen molar-refractivity contribution in [2.24, 2.45) is 5.73 Å². The number of aromatic nitrogens is 2. The first kappa shape index (κ1) is 14.6. The number of hydrogen-bond donors (Lipinski definition) is 2. The summed E-state index contributed by atoms with van der Waals surface area (Å²) in [6, 6.07) is 0.218. The lowest BCUT2D eigenvalue weighted by Gasteiger charge is -2.26. The number of nitrogens with two attached hydrogens (primary N) is 1. The average Bonchev–Trinajstić information content (AvgIpc) is 2.74. The summed E-state index contributed by atoms with van der Waals surface area (Å²) in [4.78, 5) is 14.6. The van der Waals surface area contributed by atoms with Gasteiger partial charge in [0.1, 0.15) is 0 Å². The molecule has 1 aromatic rings. The topological polar surface area (TPSA) is 103 Å². The largest absolute Gasteiger partial charge is 0.379 e. The first-order valence-corrected chi connectivity index (χ1v) is 5.75. The molecule has 0 aliphatic heterocycles. The van der Waals surface area contributed by atoms with E-state index in [9.17, 15) is 4.79 Å². The van der Waals surface area contributed by atoms with E-state index in [4.69, 9.17) is 10.5 Å². The van der Waals surface area contributed by atoms with Crippen LogP contribution in [0.15, 0.2) is 4.52 Å². The fraction of sp³-hybridized carbons (Fsp3) is 0.727. The van der Waals surface area contributed by atoms with Gasteiger partial charge in [-0.3, -0.25) is 4.79 Å². The first-order valence-electron chi connectivity index (χ1n) is 5.75. The van der Waals surface area contributed by atoms with E-state index < -0.39 is 5.91 Å². The molecule has 7 heteroatoms.